The zero-order valence-electron chi connectivity index (χ0n) is 16.0. The van der Waals surface area contributed by atoms with E-state index >= 15 is 0 Å². The number of aliphatic hydroxyl groups is 1. The number of carbonyl (C=O) groups is 1. The number of hydrogen-bond donors (Lipinski definition) is 1. The number of carbonyl (C=O) groups excluding carboxylic acids is 1. The van der Waals surface area contributed by atoms with Crippen molar-refractivity contribution in [1.29, 1.82) is 0 Å². The SMILES string of the molecule is CN(CCc1ccc([N+](=O)[O-])cc1)C(OCCCCO)c1ccccc1C=O. The van der Waals surface area contributed by atoms with Gasteiger partial charge in [-0.3, -0.25) is 19.8 Å². The number of hydrogen-bond acceptors (Lipinski definition) is 6. The number of rotatable bonds is 12. The molecule has 0 spiro atoms. The number of aldehydes is 1. The molecule has 2 aromatic rings. The average Bonchev–Trinajstić information content (AvgIpc) is 2.72. The van der Waals surface area contributed by atoms with Crippen molar-refractivity contribution in [3.8, 4) is 0 Å². The van der Waals surface area contributed by atoms with Crippen LogP contribution in [-0.2, 0) is 11.2 Å². The van der Waals surface area contributed by atoms with Crippen molar-refractivity contribution in [2.24, 2.45) is 0 Å². The van der Waals surface area contributed by atoms with E-state index in [1.165, 1.54) is 12.1 Å². The standard InChI is InChI=1S/C21H26N2O5/c1-22(13-12-17-8-10-19(11-9-17)23(26)27)21(28-15-5-4-14-24)20-7-3-2-6-18(20)16-25/h2-3,6-11,16,21,24H,4-5,12-15H2,1H3. The second-order valence-electron chi connectivity index (χ2n) is 6.55. The van der Waals surface area contributed by atoms with Crippen molar-refractivity contribution in [2.75, 3.05) is 26.8 Å². The Labute approximate surface area is 164 Å². The lowest BCUT2D eigenvalue weighted by Gasteiger charge is -2.29. The van der Waals surface area contributed by atoms with Gasteiger partial charge < -0.3 is 9.84 Å². The lowest BCUT2D eigenvalue weighted by molar-refractivity contribution is -0.384. The number of non-ortho nitro benzene ring substituents is 1. The second kappa shape index (κ2) is 11.3. The van der Waals surface area contributed by atoms with Crippen LogP contribution in [0.2, 0.25) is 0 Å². The Morgan fingerprint density at radius 1 is 1.18 bits per heavy atom. The van der Waals surface area contributed by atoms with Crippen LogP contribution >= 0.6 is 0 Å². The lowest BCUT2D eigenvalue weighted by atomic mass is 10.1. The summed E-state index contributed by atoms with van der Waals surface area (Å²) in [6, 6.07) is 13.8. The van der Waals surface area contributed by atoms with E-state index in [2.05, 4.69) is 0 Å². The molecule has 28 heavy (non-hydrogen) atoms. The smallest absolute Gasteiger partial charge is 0.269 e. The predicted molar refractivity (Wildman–Crippen MR) is 106 cm³/mol. The first kappa shape index (κ1) is 21.7. The number of likely N-dealkylation sites (N-methyl/N-ethyl adjacent to an activating group) is 1. The molecular weight excluding hydrogens is 360 g/mol. The van der Waals surface area contributed by atoms with Crippen LogP contribution < -0.4 is 0 Å². The maximum absolute atomic E-state index is 11.4. The normalized spacial score (nSPS) is 12.1. The predicted octanol–water partition coefficient (Wildman–Crippen LogP) is 3.37. The lowest BCUT2D eigenvalue weighted by Crippen LogP contribution is -2.30. The topological polar surface area (TPSA) is 92.9 Å². The van der Waals surface area contributed by atoms with Crippen LogP contribution in [0.25, 0.3) is 0 Å². The van der Waals surface area contributed by atoms with Gasteiger partial charge in [-0.1, -0.05) is 36.4 Å². The number of unbranched alkanes of at least 4 members (excludes halogenated alkanes) is 1. The van der Waals surface area contributed by atoms with Gasteiger partial charge >= 0.3 is 0 Å². The van der Waals surface area contributed by atoms with Gasteiger partial charge in [0.15, 0.2) is 0 Å². The number of aliphatic hydroxyl groups excluding tert-OH is 1. The number of nitrogens with zero attached hydrogens (tertiary/aromatic N) is 2. The van der Waals surface area contributed by atoms with Gasteiger partial charge in [-0.05, 0) is 31.9 Å². The fourth-order valence-corrected chi connectivity index (χ4v) is 2.91. The van der Waals surface area contributed by atoms with Crippen molar-refractivity contribution in [1.82, 2.24) is 4.90 Å². The number of nitro benzene ring substituents is 1. The van der Waals surface area contributed by atoms with Crippen LogP contribution in [0, 0.1) is 10.1 Å². The van der Waals surface area contributed by atoms with Gasteiger partial charge in [-0.15, -0.1) is 0 Å². The molecule has 1 unspecified atom stereocenters. The molecular formula is C21H26N2O5. The Morgan fingerprint density at radius 2 is 1.89 bits per heavy atom. The zero-order valence-corrected chi connectivity index (χ0v) is 16.0. The summed E-state index contributed by atoms with van der Waals surface area (Å²) in [6.45, 7) is 1.24. The van der Waals surface area contributed by atoms with E-state index in [0.717, 1.165) is 23.8 Å². The molecule has 7 nitrogen and oxygen atoms in total. The van der Waals surface area contributed by atoms with E-state index in [4.69, 9.17) is 9.84 Å². The molecule has 2 rings (SSSR count). The molecule has 0 aliphatic carbocycles. The Hall–Kier alpha value is -2.61. The van der Waals surface area contributed by atoms with Crippen molar-refractivity contribution in [3.05, 3.63) is 75.3 Å². The Kier molecular flexibility index (Phi) is 8.74. The minimum absolute atomic E-state index is 0.0714. The van der Waals surface area contributed by atoms with Gasteiger partial charge in [0.05, 0.1) is 4.92 Å². The molecule has 2 aromatic carbocycles. The van der Waals surface area contributed by atoms with E-state index in [0.29, 0.717) is 31.6 Å². The fourth-order valence-electron chi connectivity index (χ4n) is 2.91. The van der Waals surface area contributed by atoms with Crippen LogP contribution in [0.5, 0.6) is 0 Å². The molecule has 0 heterocycles. The summed E-state index contributed by atoms with van der Waals surface area (Å²) in [5.74, 6) is 0. The molecule has 0 radical (unpaired) electrons. The first-order chi connectivity index (χ1) is 13.6. The molecule has 0 amide bonds. The summed E-state index contributed by atoms with van der Waals surface area (Å²) in [5.41, 5.74) is 2.44. The quantitative estimate of drug-likeness (QED) is 0.198. The highest BCUT2D eigenvalue weighted by Gasteiger charge is 2.20. The minimum atomic E-state index is -0.414. The zero-order chi connectivity index (χ0) is 20.4. The van der Waals surface area contributed by atoms with Crippen LogP contribution in [0.15, 0.2) is 48.5 Å². The van der Waals surface area contributed by atoms with Gasteiger partial charge in [0.1, 0.15) is 12.5 Å². The van der Waals surface area contributed by atoms with E-state index in [9.17, 15) is 14.9 Å². The summed E-state index contributed by atoms with van der Waals surface area (Å²) < 4.78 is 6.04. The first-order valence-electron chi connectivity index (χ1n) is 9.27. The molecule has 1 N–H and O–H groups in total. The Morgan fingerprint density at radius 3 is 2.54 bits per heavy atom. The summed E-state index contributed by atoms with van der Waals surface area (Å²) in [4.78, 5) is 23.8. The van der Waals surface area contributed by atoms with Gasteiger partial charge in [-0.2, -0.15) is 0 Å². The largest absolute Gasteiger partial charge is 0.396 e. The summed E-state index contributed by atoms with van der Waals surface area (Å²) in [7, 11) is 1.92. The maximum atomic E-state index is 11.4. The number of ether oxygens (including phenoxy) is 1. The summed E-state index contributed by atoms with van der Waals surface area (Å²) in [6.07, 6.45) is 2.51. The summed E-state index contributed by atoms with van der Waals surface area (Å²) >= 11 is 0. The Bertz CT molecular complexity index is 764. The molecule has 0 fully saturated rings. The van der Waals surface area contributed by atoms with Crippen LogP contribution in [0.3, 0.4) is 0 Å². The molecule has 0 bridgehead atoms. The monoisotopic (exact) mass is 386 g/mol. The highest BCUT2D eigenvalue weighted by atomic mass is 16.6. The van der Waals surface area contributed by atoms with Gasteiger partial charge in [0.2, 0.25) is 0 Å². The van der Waals surface area contributed by atoms with Crippen LogP contribution in [0.1, 0.15) is 40.6 Å². The number of benzene rings is 2. The molecule has 7 heteroatoms. The van der Waals surface area contributed by atoms with Crippen molar-refractivity contribution >= 4 is 12.0 Å². The van der Waals surface area contributed by atoms with Gasteiger partial charge in [-0.25, -0.2) is 0 Å². The van der Waals surface area contributed by atoms with Crippen molar-refractivity contribution < 1.29 is 19.6 Å². The second-order valence-corrected chi connectivity index (χ2v) is 6.55. The fraction of sp³-hybridized carbons (Fsp3) is 0.381. The van der Waals surface area contributed by atoms with Crippen LogP contribution in [0.4, 0.5) is 5.69 Å². The molecule has 0 saturated heterocycles. The van der Waals surface area contributed by atoms with E-state index in [1.54, 1.807) is 18.2 Å². The maximum Gasteiger partial charge on any atom is 0.269 e. The van der Waals surface area contributed by atoms with Gasteiger partial charge in [0.25, 0.3) is 5.69 Å². The molecule has 0 aromatic heterocycles. The average molecular weight is 386 g/mol. The van der Waals surface area contributed by atoms with Crippen LogP contribution in [-0.4, -0.2) is 48.0 Å². The third-order valence-corrected chi connectivity index (χ3v) is 4.52. The molecule has 150 valence electrons. The molecule has 0 aliphatic heterocycles. The molecule has 0 saturated carbocycles. The van der Waals surface area contributed by atoms with E-state index < -0.39 is 11.2 Å². The Balaban J connectivity index is 2.08. The third-order valence-electron chi connectivity index (χ3n) is 4.52. The number of nitro groups is 1. The van der Waals surface area contributed by atoms with Gasteiger partial charge in [0, 0.05) is 43.0 Å². The highest BCUT2D eigenvalue weighted by molar-refractivity contribution is 5.77. The van der Waals surface area contributed by atoms with Crippen molar-refractivity contribution in [3.63, 3.8) is 0 Å². The molecule has 1 atom stereocenters. The summed E-state index contributed by atoms with van der Waals surface area (Å²) in [5, 5.41) is 19.7. The van der Waals surface area contributed by atoms with E-state index in [1.807, 2.05) is 30.1 Å². The van der Waals surface area contributed by atoms with Crippen molar-refractivity contribution in [2.45, 2.75) is 25.5 Å². The highest BCUT2D eigenvalue weighted by Crippen LogP contribution is 2.24. The van der Waals surface area contributed by atoms with E-state index in [-0.39, 0.29) is 12.3 Å². The minimum Gasteiger partial charge on any atom is -0.396 e. The molecule has 0 aliphatic rings. The third kappa shape index (κ3) is 6.23. The first-order valence-corrected chi connectivity index (χ1v) is 9.27.